The third-order valence-electron chi connectivity index (χ3n) is 8.41. The van der Waals surface area contributed by atoms with E-state index in [0.29, 0.717) is 41.3 Å². The summed E-state index contributed by atoms with van der Waals surface area (Å²) in [6.45, 7) is -0.465. The molecule has 0 radical (unpaired) electrons. The largest absolute Gasteiger partial charge is 0.489 e. The van der Waals surface area contributed by atoms with Crippen LogP contribution in [0.2, 0.25) is 5.02 Å². The first-order chi connectivity index (χ1) is 26.9. The van der Waals surface area contributed by atoms with Gasteiger partial charge in [0.2, 0.25) is 5.91 Å². The Hall–Kier alpha value is -6.29. The lowest BCUT2D eigenvalue weighted by molar-refractivity contribution is -0.384. The van der Waals surface area contributed by atoms with Crippen molar-refractivity contribution in [3.05, 3.63) is 164 Å². The number of benzene rings is 5. The zero-order chi connectivity index (χ0) is 39.8. The number of carbonyl (C=O) groups is 4. The molecule has 284 valence electrons. The number of hydrogen-bond donors (Lipinski definition) is 2. The number of ether oxygens (including phenoxy) is 1. The summed E-state index contributed by atoms with van der Waals surface area (Å²) in [6.07, 6.45) is 1.31. The molecule has 5 aromatic carbocycles. The Morgan fingerprint density at radius 2 is 1.50 bits per heavy atom. The fourth-order valence-electron chi connectivity index (χ4n) is 5.54. The Bertz CT molecular complexity index is 2430. The second kappa shape index (κ2) is 17.5. The van der Waals surface area contributed by atoms with Crippen LogP contribution in [0.15, 0.2) is 137 Å². The summed E-state index contributed by atoms with van der Waals surface area (Å²) in [5.41, 5.74) is 3.35. The highest BCUT2D eigenvalue weighted by atomic mass is 35.5. The molecule has 1 aliphatic heterocycles. The molecule has 2 N–H and O–H groups in total. The number of hydrogen-bond acceptors (Lipinski definition) is 10. The molecule has 1 saturated heterocycles. The van der Waals surface area contributed by atoms with Gasteiger partial charge in [0.25, 0.3) is 32.8 Å². The van der Waals surface area contributed by atoms with Crippen LogP contribution in [0.1, 0.15) is 16.7 Å². The lowest BCUT2D eigenvalue weighted by Crippen LogP contribution is -2.52. The molecule has 5 aromatic rings. The van der Waals surface area contributed by atoms with Crippen LogP contribution < -0.4 is 14.8 Å². The molecule has 0 aromatic heterocycles. The number of nitro groups is 1. The van der Waals surface area contributed by atoms with Gasteiger partial charge in [0.05, 0.1) is 14.7 Å². The number of sulfonamides is 1. The molecule has 0 unspecified atom stereocenters. The normalized spacial score (nSPS) is 14.0. The number of imide groups is 1. The molecule has 1 aliphatic rings. The first-order valence-corrected chi connectivity index (χ1v) is 19.5. The number of carbonyl (C=O) groups excluding carboxylic acids is 4. The van der Waals surface area contributed by atoms with E-state index in [0.717, 1.165) is 33.7 Å². The van der Waals surface area contributed by atoms with E-state index in [1.807, 2.05) is 77.5 Å². The van der Waals surface area contributed by atoms with Crippen molar-refractivity contribution in [1.82, 2.24) is 14.9 Å². The molecule has 1 atom stereocenters. The van der Waals surface area contributed by atoms with Gasteiger partial charge >= 0.3 is 0 Å². The minimum Gasteiger partial charge on any atom is -0.489 e. The molecule has 1 heterocycles. The monoisotopic (exact) mass is 810 g/mol. The Morgan fingerprint density at radius 1 is 0.857 bits per heavy atom. The summed E-state index contributed by atoms with van der Waals surface area (Å²) in [5.74, 6) is -2.33. The maximum Gasteiger partial charge on any atom is 0.294 e. The molecule has 6 rings (SSSR count). The van der Waals surface area contributed by atoms with Gasteiger partial charge in [0.1, 0.15) is 30.0 Å². The van der Waals surface area contributed by atoms with Crippen molar-refractivity contribution in [2.24, 2.45) is 0 Å². The summed E-state index contributed by atoms with van der Waals surface area (Å²) < 4.78 is 34.1. The van der Waals surface area contributed by atoms with E-state index >= 15 is 0 Å². The lowest BCUT2D eigenvalue weighted by Gasteiger charge is -2.20. The van der Waals surface area contributed by atoms with Crippen LogP contribution in [-0.4, -0.2) is 53.8 Å². The third-order valence-corrected chi connectivity index (χ3v) is 11.0. The number of rotatable bonds is 14. The number of nitrogens with zero attached hydrogens (tertiary/aromatic N) is 2. The summed E-state index contributed by atoms with van der Waals surface area (Å²) in [7, 11) is -4.70. The van der Waals surface area contributed by atoms with Crippen LogP contribution in [0.25, 0.3) is 17.2 Å². The summed E-state index contributed by atoms with van der Waals surface area (Å²) in [5, 5.41) is 12.8. The van der Waals surface area contributed by atoms with Gasteiger partial charge in [0, 0.05) is 12.5 Å². The van der Waals surface area contributed by atoms with Gasteiger partial charge in [-0.1, -0.05) is 109 Å². The molecule has 56 heavy (non-hydrogen) atoms. The number of amides is 4. The van der Waals surface area contributed by atoms with Crippen LogP contribution in [0.4, 0.5) is 10.5 Å². The van der Waals surface area contributed by atoms with E-state index in [1.54, 1.807) is 36.4 Å². The van der Waals surface area contributed by atoms with Crippen LogP contribution in [0.3, 0.4) is 0 Å². The van der Waals surface area contributed by atoms with Gasteiger partial charge in [-0.3, -0.25) is 34.2 Å². The maximum absolute atomic E-state index is 13.6. The minimum absolute atomic E-state index is 0.0854. The van der Waals surface area contributed by atoms with Gasteiger partial charge in [-0.15, -0.1) is 0 Å². The number of halogens is 1. The van der Waals surface area contributed by atoms with Crippen LogP contribution >= 0.6 is 23.4 Å². The SMILES string of the molecule is O=C(CN1C(=O)SC(=Cc2ccc(-c3ccccc3)cc2)C1=O)N[C@@H](Cc1ccc(OCc2ccccc2)cc1)C(=O)NS(=O)(=O)c1ccc(Cl)c([N+](=O)[O-])c1. The van der Waals surface area contributed by atoms with E-state index in [4.69, 9.17) is 16.3 Å². The quantitative estimate of drug-likeness (QED) is 0.0691. The van der Waals surface area contributed by atoms with Gasteiger partial charge in [0.15, 0.2) is 0 Å². The Balaban J connectivity index is 1.17. The van der Waals surface area contributed by atoms with Crippen molar-refractivity contribution in [1.29, 1.82) is 0 Å². The fourth-order valence-corrected chi connectivity index (χ4v) is 7.61. The molecular weight excluding hydrogens is 780 g/mol. The molecule has 0 aliphatic carbocycles. The Morgan fingerprint density at radius 3 is 2.16 bits per heavy atom. The Kier molecular flexibility index (Phi) is 12.3. The average molecular weight is 811 g/mol. The minimum atomic E-state index is -4.70. The molecule has 13 nitrogen and oxygen atoms in total. The first kappa shape index (κ1) is 39.4. The van der Waals surface area contributed by atoms with Crippen molar-refractivity contribution in [2.75, 3.05) is 6.54 Å². The van der Waals surface area contributed by atoms with E-state index in [9.17, 15) is 37.7 Å². The summed E-state index contributed by atoms with van der Waals surface area (Å²) in [4.78, 5) is 63.8. The second-order valence-corrected chi connectivity index (χ2v) is 15.4. The highest BCUT2D eigenvalue weighted by Gasteiger charge is 2.37. The zero-order valence-electron chi connectivity index (χ0n) is 29.2. The highest BCUT2D eigenvalue weighted by molar-refractivity contribution is 8.18. The van der Waals surface area contributed by atoms with Crippen molar-refractivity contribution >= 4 is 68.1 Å². The van der Waals surface area contributed by atoms with E-state index < -0.39 is 61.1 Å². The van der Waals surface area contributed by atoms with Crippen LogP contribution in [0, 0.1) is 10.1 Å². The first-order valence-electron chi connectivity index (χ1n) is 16.8. The van der Waals surface area contributed by atoms with Gasteiger partial charge < -0.3 is 10.1 Å². The van der Waals surface area contributed by atoms with Crippen LogP contribution in [-0.2, 0) is 37.4 Å². The molecule has 0 spiro atoms. The average Bonchev–Trinajstić information content (AvgIpc) is 3.45. The standard InChI is InChI=1S/C40H31ClN4O9S2/c41-33-20-19-32(23-35(33)45(50)51)56(52,53)43-38(47)34(21-26-13-17-31(18-14-26)54-25-28-7-3-1-4-8-28)42-37(46)24-44-39(48)36(55-40(44)49)22-27-11-15-30(16-12-27)29-9-5-2-6-10-29/h1-20,22-23,34H,21,24-25H2,(H,42,46)(H,43,47)/t34-/m0/s1. The van der Waals surface area contributed by atoms with Crippen LogP contribution in [0.5, 0.6) is 5.75 Å². The zero-order valence-corrected chi connectivity index (χ0v) is 31.6. The highest BCUT2D eigenvalue weighted by Crippen LogP contribution is 2.33. The smallest absolute Gasteiger partial charge is 0.294 e. The number of thioether (sulfide) groups is 1. The maximum atomic E-state index is 13.6. The number of nitro benzene ring substituents is 1. The van der Waals surface area contributed by atoms with Crippen molar-refractivity contribution in [3.63, 3.8) is 0 Å². The molecular formula is C40H31ClN4O9S2. The molecule has 16 heteroatoms. The summed E-state index contributed by atoms with van der Waals surface area (Å²) in [6, 6.07) is 34.1. The fraction of sp³-hybridized carbons (Fsp3) is 0.100. The van der Waals surface area contributed by atoms with E-state index in [-0.39, 0.29) is 16.3 Å². The Labute approximate surface area is 330 Å². The molecule has 0 bridgehead atoms. The van der Waals surface area contributed by atoms with Gasteiger partial charge in [-0.05, 0) is 69.9 Å². The van der Waals surface area contributed by atoms with Gasteiger partial charge in [-0.2, -0.15) is 0 Å². The third kappa shape index (κ3) is 9.87. The van der Waals surface area contributed by atoms with Crippen molar-refractivity contribution < 1.29 is 37.3 Å². The van der Waals surface area contributed by atoms with Gasteiger partial charge in [-0.25, -0.2) is 13.1 Å². The predicted octanol–water partition coefficient (Wildman–Crippen LogP) is 6.76. The molecule has 0 saturated carbocycles. The number of nitrogens with one attached hydrogen (secondary N) is 2. The predicted molar refractivity (Wildman–Crippen MR) is 211 cm³/mol. The molecule has 4 amide bonds. The van der Waals surface area contributed by atoms with Crippen molar-refractivity contribution in [2.45, 2.75) is 24.0 Å². The summed E-state index contributed by atoms with van der Waals surface area (Å²) >= 11 is 6.49. The van der Waals surface area contributed by atoms with Crippen molar-refractivity contribution in [3.8, 4) is 16.9 Å². The van der Waals surface area contributed by atoms with E-state index in [1.165, 1.54) is 6.08 Å². The lowest BCUT2D eigenvalue weighted by atomic mass is 10.0. The topological polar surface area (TPSA) is 182 Å². The second-order valence-electron chi connectivity index (χ2n) is 12.3. The molecule has 1 fully saturated rings. The van der Waals surface area contributed by atoms with E-state index in [2.05, 4.69) is 5.32 Å².